The summed E-state index contributed by atoms with van der Waals surface area (Å²) in [4.78, 5) is 26.4. The molecule has 1 heterocycles. The van der Waals surface area contributed by atoms with Gasteiger partial charge in [0.1, 0.15) is 34.4 Å². The Hall–Kier alpha value is -4.44. The Morgan fingerprint density at radius 1 is 0.889 bits per heavy atom. The number of nitrogens with zero attached hydrogens (tertiary/aromatic N) is 1. The fourth-order valence-electron chi connectivity index (χ4n) is 3.65. The van der Waals surface area contributed by atoms with Gasteiger partial charge in [-0.3, -0.25) is 9.59 Å². The summed E-state index contributed by atoms with van der Waals surface area (Å²) in [6.07, 6.45) is 1.34. The van der Waals surface area contributed by atoms with E-state index in [0.717, 1.165) is 12.1 Å². The Morgan fingerprint density at radius 2 is 1.56 bits per heavy atom. The number of carbonyl (C=O) groups excluding carboxylic acids is 1. The van der Waals surface area contributed by atoms with Crippen molar-refractivity contribution >= 4 is 22.5 Å². The third kappa shape index (κ3) is 5.13. The number of fused-ring (bicyclic) bond motifs is 1. The van der Waals surface area contributed by atoms with E-state index in [1.807, 2.05) is 0 Å². The number of carbonyl (C=O) groups is 1. The van der Waals surface area contributed by atoms with Gasteiger partial charge in [0.15, 0.2) is 6.79 Å². The topological polar surface area (TPSA) is 88.0 Å². The molecule has 1 aromatic heterocycles. The molecule has 4 aromatic rings. The van der Waals surface area contributed by atoms with Gasteiger partial charge in [0.2, 0.25) is 5.43 Å². The second kappa shape index (κ2) is 10.4. The Kier molecular flexibility index (Phi) is 7.16. The molecule has 10 heteroatoms. The van der Waals surface area contributed by atoms with Gasteiger partial charge in [0.05, 0.1) is 25.4 Å². The lowest BCUT2D eigenvalue weighted by Crippen LogP contribution is -2.24. The van der Waals surface area contributed by atoms with Crippen LogP contribution in [0.15, 0.2) is 65.6 Å². The molecule has 0 aliphatic carbocycles. The predicted molar refractivity (Wildman–Crippen MR) is 129 cm³/mol. The first-order valence-electron chi connectivity index (χ1n) is 10.6. The highest BCUT2D eigenvalue weighted by Crippen LogP contribution is 2.29. The number of hydrogen-bond donors (Lipinski definition) is 1. The van der Waals surface area contributed by atoms with Crippen LogP contribution in [-0.2, 0) is 4.74 Å². The normalized spacial score (nSPS) is 10.8. The predicted octanol–water partition coefficient (Wildman–Crippen LogP) is 4.52. The fraction of sp³-hybridized carbons (Fsp3) is 0.154. The maximum atomic E-state index is 13.6. The lowest BCUT2D eigenvalue weighted by Gasteiger charge is -2.16. The van der Waals surface area contributed by atoms with Crippen molar-refractivity contribution in [2.24, 2.45) is 0 Å². The number of hydrogen-bond acceptors (Lipinski definition) is 6. The first kappa shape index (κ1) is 24.7. The van der Waals surface area contributed by atoms with Crippen LogP contribution in [0.2, 0.25) is 0 Å². The molecule has 0 unspecified atom stereocenters. The van der Waals surface area contributed by atoms with Gasteiger partial charge < -0.3 is 28.8 Å². The number of nitrogens with one attached hydrogen (secondary N) is 1. The summed E-state index contributed by atoms with van der Waals surface area (Å²) in [5.41, 5.74) is -0.0126. The van der Waals surface area contributed by atoms with E-state index in [-0.39, 0.29) is 23.4 Å². The molecule has 4 rings (SSSR count). The summed E-state index contributed by atoms with van der Waals surface area (Å²) < 4.78 is 50.0. The number of anilines is 1. The standard InChI is InChI=1S/C26H22F2N2O6/c1-33-14-36-19-4-5-22-24(12-19)30(18-9-20(34-2)11-21(10-18)35-3)13-23(25(22)31)26(32)29-17-7-15(27)6-16(28)8-17/h4-13H,14H2,1-3H3,(H,29,32). The lowest BCUT2D eigenvalue weighted by atomic mass is 10.1. The largest absolute Gasteiger partial charge is 0.497 e. The van der Waals surface area contributed by atoms with E-state index in [0.29, 0.717) is 34.5 Å². The second-order valence-electron chi connectivity index (χ2n) is 7.65. The van der Waals surface area contributed by atoms with Crippen molar-refractivity contribution in [3.05, 3.63) is 88.2 Å². The van der Waals surface area contributed by atoms with Crippen LogP contribution in [0, 0.1) is 11.6 Å². The van der Waals surface area contributed by atoms with Crippen molar-refractivity contribution < 1.29 is 32.5 Å². The zero-order valence-electron chi connectivity index (χ0n) is 19.6. The van der Waals surface area contributed by atoms with E-state index in [9.17, 15) is 18.4 Å². The second-order valence-corrected chi connectivity index (χ2v) is 7.65. The first-order valence-corrected chi connectivity index (χ1v) is 10.6. The van der Waals surface area contributed by atoms with Crippen LogP contribution in [-0.4, -0.2) is 38.6 Å². The molecule has 0 radical (unpaired) electrons. The molecule has 0 saturated heterocycles. The third-order valence-electron chi connectivity index (χ3n) is 5.30. The minimum Gasteiger partial charge on any atom is -0.497 e. The molecule has 0 fully saturated rings. The molecule has 3 aromatic carbocycles. The van der Waals surface area contributed by atoms with Crippen LogP contribution in [0.3, 0.4) is 0 Å². The Balaban J connectivity index is 1.92. The number of aromatic nitrogens is 1. The summed E-state index contributed by atoms with van der Waals surface area (Å²) in [5, 5.41) is 2.59. The number of rotatable bonds is 8. The Labute approximate surface area is 204 Å². The third-order valence-corrected chi connectivity index (χ3v) is 5.30. The van der Waals surface area contributed by atoms with Gasteiger partial charge >= 0.3 is 0 Å². The average molecular weight is 496 g/mol. The van der Waals surface area contributed by atoms with Gasteiger partial charge in [0, 0.05) is 54.7 Å². The maximum Gasteiger partial charge on any atom is 0.261 e. The smallest absolute Gasteiger partial charge is 0.261 e. The Morgan fingerprint density at radius 3 is 2.17 bits per heavy atom. The number of pyridine rings is 1. The fourth-order valence-corrected chi connectivity index (χ4v) is 3.65. The first-order chi connectivity index (χ1) is 17.3. The lowest BCUT2D eigenvalue weighted by molar-refractivity contribution is 0.0512. The van der Waals surface area contributed by atoms with E-state index in [2.05, 4.69) is 5.32 Å². The molecule has 1 amide bonds. The van der Waals surface area contributed by atoms with Crippen molar-refractivity contribution in [1.29, 1.82) is 0 Å². The summed E-state index contributed by atoms with van der Waals surface area (Å²) in [7, 11) is 4.47. The SMILES string of the molecule is COCOc1ccc2c(=O)c(C(=O)Nc3cc(F)cc(F)c3)cn(-c3cc(OC)cc(OC)c3)c2c1. The molecule has 0 atom stereocenters. The number of amides is 1. The van der Waals surface area contributed by atoms with Crippen LogP contribution in [0.1, 0.15) is 10.4 Å². The van der Waals surface area contributed by atoms with Crippen LogP contribution in [0.25, 0.3) is 16.6 Å². The van der Waals surface area contributed by atoms with Crippen molar-refractivity contribution in [2.75, 3.05) is 33.4 Å². The van der Waals surface area contributed by atoms with E-state index in [1.54, 1.807) is 34.9 Å². The minimum absolute atomic E-state index is 0.00654. The number of methoxy groups -OCH3 is 3. The summed E-state index contributed by atoms with van der Waals surface area (Å²) >= 11 is 0. The van der Waals surface area contributed by atoms with E-state index in [4.69, 9.17) is 18.9 Å². The molecule has 8 nitrogen and oxygen atoms in total. The quantitative estimate of drug-likeness (QED) is 0.361. The maximum absolute atomic E-state index is 13.6. The van der Waals surface area contributed by atoms with Crippen LogP contribution in [0.5, 0.6) is 17.2 Å². The molecule has 186 valence electrons. The van der Waals surface area contributed by atoms with Gasteiger partial charge in [0.25, 0.3) is 5.91 Å². The van der Waals surface area contributed by atoms with Gasteiger partial charge in [-0.05, 0) is 24.3 Å². The number of benzene rings is 3. The molecule has 0 aliphatic heterocycles. The number of ether oxygens (including phenoxy) is 4. The molecule has 0 spiro atoms. The molecule has 1 N–H and O–H groups in total. The van der Waals surface area contributed by atoms with Gasteiger partial charge in [-0.2, -0.15) is 0 Å². The Bertz CT molecular complexity index is 1460. The van der Waals surface area contributed by atoms with Gasteiger partial charge in [-0.25, -0.2) is 8.78 Å². The summed E-state index contributed by atoms with van der Waals surface area (Å²) in [6.45, 7) is -0.00654. The highest BCUT2D eigenvalue weighted by molar-refractivity contribution is 6.06. The monoisotopic (exact) mass is 496 g/mol. The van der Waals surface area contributed by atoms with Gasteiger partial charge in [-0.1, -0.05) is 0 Å². The van der Waals surface area contributed by atoms with Crippen LogP contribution < -0.4 is 25.0 Å². The van der Waals surface area contributed by atoms with E-state index < -0.39 is 23.0 Å². The van der Waals surface area contributed by atoms with Crippen LogP contribution in [0.4, 0.5) is 14.5 Å². The van der Waals surface area contributed by atoms with E-state index in [1.165, 1.54) is 33.6 Å². The average Bonchev–Trinajstić information content (AvgIpc) is 2.86. The number of halogens is 2. The molecular weight excluding hydrogens is 474 g/mol. The molecule has 36 heavy (non-hydrogen) atoms. The highest BCUT2D eigenvalue weighted by Gasteiger charge is 2.19. The highest BCUT2D eigenvalue weighted by atomic mass is 19.1. The molecule has 0 aliphatic rings. The van der Waals surface area contributed by atoms with Crippen molar-refractivity contribution in [2.45, 2.75) is 0 Å². The summed E-state index contributed by atoms with van der Waals surface area (Å²) in [5.74, 6) is -1.19. The molecular formula is C26H22F2N2O6. The van der Waals surface area contributed by atoms with Crippen LogP contribution >= 0.6 is 0 Å². The summed E-state index contributed by atoms with van der Waals surface area (Å²) in [6, 6.07) is 12.4. The van der Waals surface area contributed by atoms with E-state index >= 15 is 0 Å². The molecule has 0 bridgehead atoms. The zero-order chi connectivity index (χ0) is 25.8. The van der Waals surface area contributed by atoms with Crippen molar-refractivity contribution in [1.82, 2.24) is 4.57 Å². The van der Waals surface area contributed by atoms with Gasteiger partial charge in [-0.15, -0.1) is 0 Å². The van der Waals surface area contributed by atoms with Crippen molar-refractivity contribution in [3.63, 3.8) is 0 Å². The zero-order valence-corrected chi connectivity index (χ0v) is 19.6. The van der Waals surface area contributed by atoms with Crippen molar-refractivity contribution in [3.8, 4) is 22.9 Å². The minimum atomic E-state index is -0.867. The molecule has 0 saturated carbocycles.